The smallest absolute Gasteiger partial charge is 0.369 e. The van der Waals surface area contributed by atoms with E-state index in [-0.39, 0.29) is 6.04 Å². The van der Waals surface area contributed by atoms with Gasteiger partial charge in [-0.15, -0.1) is 5.10 Å². The van der Waals surface area contributed by atoms with Crippen molar-refractivity contribution in [1.82, 2.24) is 25.1 Å². The topological polar surface area (TPSA) is 50.1 Å². The molecule has 1 aliphatic carbocycles. The van der Waals surface area contributed by atoms with Gasteiger partial charge < -0.3 is 4.90 Å². The van der Waals surface area contributed by atoms with Crippen LogP contribution >= 0.6 is 0 Å². The van der Waals surface area contributed by atoms with Gasteiger partial charge in [0, 0.05) is 31.9 Å². The summed E-state index contributed by atoms with van der Waals surface area (Å²) in [5.74, 6) is 0.634. The number of nitrogens with zero attached hydrogens (tertiary/aromatic N) is 6. The largest absolute Gasteiger partial charge is 0.416 e. The summed E-state index contributed by atoms with van der Waals surface area (Å²) in [6.45, 7) is 2.97. The summed E-state index contributed by atoms with van der Waals surface area (Å²) in [5, 5.41) is 12.6. The molecule has 6 nitrogen and oxygen atoms in total. The number of piperazine rings is 1. The molecule has 2 heterocycles. The Morgan fingerprint density at radius 3 is 2.30 bits per heavy atom. The van der Waals surface area contributed by atoms with Crippen molar-refractivity contribution in [3.63, 3.8) is 0 Å². The average molecular weight is 457 g/mol. The molecule has 174 valence electrons. The number of aromatic nitrogens is 4. The molecular weight excluding hydrogens is 429 g/mol. The number of hydrogen-bond acceptors (Lipinski definition) is 5. The SMILES string of the molecule is FC(F)(F)c1cccc(C(c2nnnn2C2CCCC2)N2CCN(c3ccccc3)CC2)c1. The van der Waals surface area contributed by atoms with Crippen molar-refractivity contribution < 1.29 is 13.2 Å². The molecule has 1 aliphatic heterocycles. The summed E-state index contributed by atoms with van der Waals surface area (Å²) in [4.78, 5) is 4.52. The highest BCUT2D eigenvalue weighted by Gasteiger charge is 2.36. The Hall–Kier alpha value is -2.94. The summed E-state index contributed by atoms with van der Waals surface area (Å²) in [7, 11) is 0. The third-order valence-electron chi connectivity index (χ3n) is 6.76. The van der Waals surface area contributed by atoms with E-state index in [9.17, 15) is 13.2 Å². The first kappa shape index (κ1) is 21.9. The lowest BCUT2D eigenvalue weighted by Crippen LogP contribution is -2.48. The van der Waals surface area contributed by atoms with Gasteiger partial charge in [0.05, 0.1) is 17.6 Å². The highest BCUT2D eigenvalue weighted by molar-refractivity contribution is 5.46. The standard InChI is InChI=1S/C24H27F3N6/c25-24(26,27)19-8-6-7-18(17-19)22(23-28-29-30-33(23)21-11-4-5-12-21)32-15-13-31(14-16-32)20-9-2-1-3-10-20/h1-3,6-10,17,21-22H,4-5,11-16H2. The average Bonchev–Trinajstić information content (AvgIpc) is 3.52. The zero-order valence-electron chi connectivity index (χ0n) is 18.3. The molecule has 0 amide bonds. The lowest BCUT2D eigenvalue weighted by Gasteiger charge is -2.40. The quantitative estimate of drug-likeness (QED) is 0.556. The van der Waals surface area contributed by atoms with Gasteiger partial charge in [0.2, 0.25) is 0 Å². The van der Waals surface area contributed by atoms with E-state index < -0.39 is 17.8 Å². The lowest BCUT2D eigenvalue weighted by molar-refractivity contribution is -0.137. The lowest BCUT2D eigenvalue weighted by atomic mass is 10.00. The molecule has 0 spiro atoms. The molecule has 2 fully saturated rings. The van der Waals surface area contributed by atoms with E-state index in [2.05, 4.69) is 37.5 Å². The highest BCUT2D eigenvalue weighted by Crippen LogP contribution is 2.37. The minimum atomic E-state index is -4.40. The van der Waals surface area contributed by atoms with Gasteiger partial charge in [0.25, 0.3) is 0 Å². The van der Waals surface area contributed by atoms with Crippen LogP contribution in [0.4, 0.5) is 18.9 Å². The zero-order valence-corrected chi connectivity index (χ0v) is 18.3. The van der Waals surface area contributed by atoms with E-state index in [4.69, 9.17) is 0 Å². The molecule has 1 aromatic heterocycles. The number of para-hydroxylation sites is 1. The van der Waals surface area contributed by atoms with Crippen molar-refractivity contribution in [1.29, 1.82) is 0 Å². The van der Waals surface area contributed by atoms with Crippen molar-refractivity contribution in [2.24, 2.45) is 0 Å². The number of benzene rings is 2. The van der Waals surface area contributed by atoms with E-state index in [1.54, 1.807) is 6.07 Å². The Morgan fingerprint density at radius 1 is 0.879 bits per heavy atom. The summed E-state index contributed by atoms with van der Waals surface area (Å²) >= 11 is 0. The minimum Gasteiger partial charge on any atom is -0.369 e. The van der Waals surface area contributed by atoms with Gasteiger partial charge in [-0.1, -0.05) is 43.2 Å². The van der Waals surface area contributed by atoms with E-state index in [0.717, 1.165) is 50.5 Å². The Balaban J connectivity index is 1.48. The maximum Gasteiger partial charge on any atom is 0.416 e. The number of tetrazole rings is 1. The Kier molecular flexibility index (Phi) is 6.05. The van der Waals surface area contributed by atoms with Crippen LogP contribution in [-0.2, 0) is 6.18 Å². The van der Waals surface area contributed by atoms with Crippen LogP contribution in [0.3, 0.4) is 0 Å². The second kappa shape index (κ2) is 9.13. The van der Waals surface area contributed by atoms with Crippen LogP contribution in [-0.4, -0.2) is 51.3 Å². The third kappa shape index (κ3) is 4.59. The van der Waals surface area contributed by atoms with Gasteiger partial charge in [-0.3, -0.25) is 4.90 Å². The number of anilines is 1. The first-order valence-electron chi connectivity index (χ1n) is 11.5. The molecule has 0 bridgehead atoms. The molecule has 1 unspecified atom stereocenters. The molecule has 1 saturated carbocycles. The minimum absolute atomic E-state index is 0.203. The molecule has 33 heavy (non-hydrogen) atoms. The van der Waals surface area contributed by atoms with Crippen LogP contribution in [0.5, 0.6) is 0 Å². The highest BCUT2D eigenvalue weighted by atomic mass is 19.4. The predicted molar refractivity (Wildman–Crippen MR) is 119 cm³/mol. The first-order chi connectivity index (χ1) is 16.0. The summed E-state index contributed by atoms with van der Waals surface area (Å²) < 4.78 is 42.4. The zero-order chi connectivity index (χ0) is 22.8. The number of rotatable bonds is 5. The Labute approximate surface area is 191 Å². The monoisotopic (exact) mass is 456 g/mol. The molecule has 9 heteroatoms. The Bertz CT molecular complexity index is 1050. The fourth-order valence-corrected chi connectivity index (χ4v) is 5.07. The second-order valence-electron chi connectivity index (χ2n) is 8.80. The van der Waals surface area contributed by atoms with Gasteiger partial charge in [-0.2, -0.15) is 13.2 Å². The molecule has 3 aromatic rings. The molecule has 2 aliphatic rings. The fourth-order valence-electron chi connectivity index (χ4n) is 5.07. The van der Waals surface area contributed by atoms with Crippen LogP contribution < -0.4 is 4.90 Å². The van der Waals surface area contributed by atoms with Gasteiger partial charge in [0.15, 0.2) is 5.82 Å². The number of hydrogen-bond donors (Lipinski definition) is 0. The van der Waals surface area contributed by atoms with Gasteiger partial charge in [-0.25, -0.2) is 4.68 Å². The molecule has 0 radical (unpaired) electrons. The molecule has 2 aromatic carbocycles. The molecule has 5 rings (SSSR count). The Morgan fingerprint density at radius 2 is 1.61 bits per heavy atom. The van der Waals surface area contributed by atoms with Crippen molar-refractivity contribution in [3.8, 4) is 0 Å². The predicted octanol–water partition coefficient (Wildman–Crippen LogP) is 4.72. The maximum atomic E-state index is 13.5. The van der Waals surface area contributed by atoms with Gasteiger partial charge >= 0.3 is 6.18 Å². The van der Waals surface area contributed by atoms with Gasteiger partial charge in [-0.05, 0) is 53.1 Å². The maximum absolute atomic E-state index is 13.5. The third-order valence-corrected chi connectivity index (χ3v) is 6.76. The normalized spacial score (nSPS) is 19.2. The summed E-state index contributed by atoms with van der Waals surface area (Å²) in [6, 6.07) is 15.6. The summed E-state index contributed by atoms with van der Waals surface area (Å²) in [5.41, 5.74) is 1.09. The van der Waals surface area contributed by atoms with Crippen LogP contribution in [0.2, 0.25) is 0 Å². The van der Waals surface area contributed by atoms with Crippen molar-refractivity contribution in [3.05, 3.63) is 71.5 Å². The van der Waals surface area contributed by atoms with Crippen LogP contribution in [0.15, 0.2) is 54.6 Å². The molecular formula is C24H27F3N6. The van der Waals surface area contributed by atoms with Crippen LogP contribution in [0.25, 0.3) is 0 Å². The summed E-state index contributed by atoms with van der Waals surface area (Å²) in [6.07, 6.45) is -0.171. The first-order valence-corrected chi connectivity index (χ1v) is 11.5. The van der Waals surface area contributed by atoms with Gasteiger partial charge in [0.1, 0.15) is 0 Å². The van der Waals surface area contributed by atoms with Crippen molar-refractivity contribution >= 4 is 5.69 Å². The fraction of sp³-hybridized carbons (Fsp3) is 0.458. The van der Waals surface area contributed by atoms with E-state index in [1.807, 2.05) is 22.9 Å². The van der Waals surface area contributed by atoms with E-state index in [1.165, 1.54) is 12.1 Å². The molecule has 1 saturated heterocycles. The van der Waals surface area contributed by atoms with Crippen LogP contribution in [0.1, 0.15) is 54.7 Å². The second-order valence-corrected chi connectivity index (χ2v) is 8.80. The van der Waals surface area contributed by atoms with E-state index >= 15 is 0 Å². The number of alkyl halides is 3. The number of halogens is 3. The molecule has 1 atom stereocenters. The molecule has 0 N–H and O–H groups in total. The van der Waals surface area contributed by atoms with Crippen LogP contribution in [0, 0.1) is 0 Å². The van der Waals surface area contributed by atoms with Crippen molar-refractivity contribution in [2.75, 3.05) is 31.1 Å². The van der Waals surface area contributed by atoms with Crippen molar-refractivity contribution in [2.45, 2.75) is 43.9 Å². The van der Waals surface area contributed by atoms with E-state index in [0.29, 0.717) is 24.5 Å².